The van der Waals surface area contributed by atoms with Crippen LogP contribution in [0, 0.1) is 0 Å². The van der Waals surface area contributed by atoms with Crippen LogP contribution in [0.15, 0.2) is 54.6 Å². The van der Waals surface area contributed by atoms with E-state index in [1.54, 1.807) is 12.1 Å². The van der Waals surface area contributed by atoms with Gasteiger partial charge in [0, 0.05) is 11.1 Å². The number of hydrogen-bond donors (Lipinski definition) is 2. The van der Waals surface area contributed by atoms with Gasteiger partial charge in [0.2, 0.25) is 0 Å². The van der Waals surface area contributed by atoms with Gasteiger partial charge < -0.3 is 10.4 Å². The second kappa shape index (κ2) is 7.23. The van der Waals surface area contributed by atoms with Crippen LogP contribution in [0.1, 0.15) is 36.2 Å². The fourth-order valence-corrected chi connectivity index (χ4v) is 2.26. The first-order valence-corrected chi connectivity index (χ1v) is 7.57. The lowest BCUT2D eigenvalue weighted by molar-refractivity contribution is 0.0979. The molecule has 0 saturated heterocycles. The van der Waals surface area contributed by atoms with Crippen LogP contribution in [-0.2, 0) is 6.42 Å². The number of benzene rings is 2. The third-order valence-corrected chi connectivity index (χ3v) is 3.80. The molecule has 0 amide bonds. The zero-order valence-electron chi connectivity index (χ0n) is 13.2. The van der Waals surface area contributed by atoms with Gasteiger partial charge in [-0.2, -0.15) is 0 Å². The molecule has 0 aliphatic carbocycles. The predicted molar refractivity (Wildman–Crippen MR) is 89.3 cm³/mol. The number of Topliss-reactive ketones (excluding diaryl/α,β-unsaturated/α-hetero) is 1. The van der Waals surface area contributed by atoms with E-state index >= 15 is 0 Å². The lowest BCUT2D eigenvalue weighted by Crippen LogP contribution is -2.42. The average molecular weight is 297 g/mol. The van der Waals surface area contributed by atoms with Crippen LogP contribution in [-0.4, -0.2) is 23.0 Å². The molecule has 3 heteroatoms. The average Bonchev–Trinajstić information content (AvgIpc) is 2.53. The molecule has 0 radical (unpaired) electrons. The summed E-state index contributed by atoms with van der Waals surface area (Å²) in [4.78, 5) is 12.1. The third kappa shape index (κ3) is 5.01. The maximum Gasteiger partial charge on any atom is 0.176 e. The topological polar surface area (TPSA) is 49.3 Å². The Bertz CT molecular complexity index is 603. The molecule has 3 nitrogen and oxygen atoms in total. The molecule has 0 spiro atoms. The number of carbonyl (C=O) groups excluding carboxylic acids is 1. The van der Waals surface area contributed by atoms with Crippen LogP contribution in [0.4, 0.5) is 0 Å². The highest BCUT2D eigenvalue weighted by Crippen LogP contribution is 2.14. The van der Waals surface area contributed by atoms with Crippen molar-refractivity contribution in [1.29, 1.82) is 0 Å². The summed E-state index contributed by atoms with van der Waals surface area (Å²) in [5.74, 6) is 0.209. The number of ketones is 1. The van der Waals surface area contributed by atoms with E-state index < -0.39 is 0 Å². The Labute approximate surface area is 132 Å². The number of hydrogen-bond acceptors (Lipinski definition) is 3. The molecule has 2 rings (SSSR count). The lowest BCUT2D eigenvalue weighted by Gasteiger charge is -2.26. The summed E-state index contributed by atoms with van der Waals surface area (Å²) in [5, 5.41) is 12.6. The smallest absolute Gasteiger partial charge is 0.176 e. The van der Waals surface area contributed by atoms with Crippen molar-refractivity contribution in [3.63, 3.8) is 0 Å². The minimum atomic E-state index is -0.109. The molecular weight excluding hydrogens is 274 g/mol. The van der Waals surface area contributed by atoms with E-state index in [0.717, 1.165) is 12.8 Å². The minimum Gasteiger partial charge on any atom is -0.508 e. The van der Waals surface area contributed by atoms with Crippen LogP contribution < -0.4 is 5.32 Å². The van der Waals surface area contributed by atoms with Gasteiger partial charge in [0.25, 0.3) is 0 Å². The summed E-state index contributed by atoms with van der Waals surface area (Å²) in [5.41, 5.74) is 1.81. The van der Waals surface area contributed by atoms with Gasteiger partial charge in [-0.3, -0.25) is 4.79 Å². The van der Waals surface area contributed by atoms with Gasteiger partial charge in [0.1, 0.15) is 5.75 Å². The van der Waals surface area contributed by atoms with E-state index in [9.17, 15) is 9.90 Å². The fraction of sp³-hybridized carbons (Fsp3) is 0.316. The zero-order chi connectivity index (χ0) is 16.0. The van der Waals surface area contributed by atoms with Crippen molar-refractivity contribution in [1.82, 2.24) is 5.32 Å². The van der Waals surface area contributed by atoms with Crippen LogP contribution in [0.2, 0.25) is 0 Å². The van der Waals surface area contributed by atoms with Crippen LogP contribution in [0.3, 0.4) is 0 Å². The van der Waals surface area contributed by atoms with E-state index in [4.69, 9.17) is 0 Å². The van der Waals surface area contributed by atoms with Gasteiger partial charge >= 0.3 is 0 Å². The molecule has 0 atom stereocenters. The largest absolute Gasteiger partial charge is 0.508 e. The van der Waals surface area contributed by atoms with Gasteiger partial charge in [-0.1, -0.05) is 30.3 Å². The van der Waals surface area contributed by atoms with E-state index in [2.05, 4.69) is 31.3 Å². The Balaban J connectivity index is 1.83. The molecule has 0 aliphatic heterocycles. The van der Waals surface area contributed by atoms with E-state index in [0.29, 0.717) is 12.1 Å². The fourth-order valence-electron chi connectivity index (χ4n) is 2.26. The van der Waals surface area contributed by atoms with Gasteiger partial charge in [-0.25, -0.2) is 0 Å². The van der Waals surface area contributed by atoms with E-state index in [1.165, 1.54) is 17.7 Å². The SMILES string of the molecule is CC(C)(CCc1ccccc1)NCC(=O)c1ccc(O)cc1. The molecule has 0 bridgehead atoms. The maximum absolute atomic E-state index is 12.1. The Kier molecular flexibility index (Phi) is 5.34. The van der Waals surface area contributed by atoms with Crippen molar-refractivity contribution in [2.75, 3.05) is 6.54 Å². The van der Waals surface area contributed by atoms with Crippen LogP contribution in [0.25, 0.3) is 0 Å². The standard InChI is InChI=1S/C19H23NO2/c1-19(2,13-12-15-6-4-3-5-7-15)20-14-18(22)16-8-10-17(21)11-9-16/h3-11,20-21H,12-14H2,1-2H3. The monoisotopic (exact) mass is 297 g/mol. The summed E-state index contributed by atoms with van der Waals surface area (Å²) < 4.78 is 0. The number of aryl methyl sites for hydroxylation is 1. The van der Waals surface area contributed by atoms with Gasteiger partial charge in [-0.15, -0.1) is 0 Å². The molecule has 0 saturated carbocycles. The Morgan fingerprint density at radius 1 is 1.05 bits per heavy atom. The highest BCUT2D eigenvalue weighted by Gasteiger charge is 2.18. The molecule has 22 heavy (non-hydrogen) atoms. The van der Waals surface area contributed by atoms with Gasteiger partial charge in [-0.05, 0) is 56.5 Å². The number of phenols is 1. The molecule has 0 aromatic heterocycles. The summed E-state index contributed by atoms with van der Waals surface area (Å²) in [6, 6.07) is 16.7. The first-order valence-electron chi connectivity index (χ1n) is 7.57. The number of phenolic OH excluding ortho intramolecular Hbond substituents is 1. The molecule has 0 unspecified atom stereocenters. The highest BCUT2D eigenvalue weighted by atomic mass is 16.3. The first-order chi connectivity index (χ1) is 10.5. The summed E-state index contributed by atoms with van der Waals surface area (Å²) in [7, 11) is 0. The van der Waals surface area contributed by atoms with Crippen molar-refractivity contribution in [3.05, 3.63) is 65.7 Å². The minimum absolute atomic E-state index is 0.0350. The summed E-state index contributed by atoms with van der Waals surface area (Å²) in [6.07, 6.45) is 1.94. The number of rotatable bonds is 7. The normalized spacial score (nSPS) is 11.4. The molecule has 2 aromatic rings. The first kappa shape index (κ1) is 16.2. The number of carbonyl (C=O) groups is 1. The number of nitrogens with one attached hydrogen (secondary N) is 1. The van der Waals surface area contributed by atoms with E-state index in [1.807, 2.05) is 18.2 Å². The number of aromatic hydroxyl groups is 1. The third-order valence-electron chi connectivity index (χ3n) is 3.80. The molecule has 0 aliphatic rings. The Morgan fingerprint density at radius 2 is 1.68 bits per heavy atom. The second-order valence-corrected chi connectivity index (χ2v) is 6.19. The van der Waals surface area contributed by atoms with Gasteiger partial charge in [0.05, 0.1) is 6.54 Å². The Hall–Kier alpha value is -2.13. The molecule has 2 aromatic carbocycles. The molecule has 0 fully saturated rings. The quantitative estimate of drug-likeness (QED) is 0.768. The van der Waals surface area contributed by atoms with E-state index in [-0.39, 0.29) is 17.1 Å². The van der Waals surface area contributed by atoms with Crippen molar-refractivity contribution in [2.24, 2.45) is 0 Å². The summed E-state index contributed by atoms with van der Waals surface area (Å²) in [6.45, 7) is 4.52. The molecule has 2 N–H and O–H groups in total. The predicted octanol–water partition coefficient (Wildman–Crippen LogP) is 3.58. The van der Waals surface area contributed by atoms with Gasteiger partial charge in [0.15, 0.2) is 5.78 Å². The van der Waals surface area contributed by atoms with Crippen LogP contribution in [0.5, 0.6) is 5.75 Å². The van der Waals surface area contributed by atoms with Crippen molar-refractivity contribution in [3.8, 4) is 5.75 Å². The summed E-state index contributed by atoms with van der Waals surface area (Å²) >= 11 is 0. The molecule has 0 heterocycles. The second-order valence-electron chi connectivity index (χ2n) is 6.19. The Morgan fingerprint density at radius 3 is 2.32 bits per heavy atom. The molecule has 116 valence electrons. The lowest BCUT2D eigenvalue weighted by atomic mass is 9.95. The van der Waals surface area contributed by atoms with Crippen LogP contribution >= 0.6 is 0 Å². The zero-order valence-corrected chi connectivity index (χ0v) is 13.2. The highest BCUT2D eigenvalue weighted by molar-refractivity contribution is 5.97. The molecular formula is C19H23NO2. The van der Waals surface area contributed by atoms with Crippen molar-refractivity contribution in [2.45, 2.75) is 32.2 Å². The maximum atomic E-state index is 12.1. The van der Waals surface area contributed by atoms with Crippen molar-refractivity contribution < 1.29 is 9.90 Å². The van der Waals surface area contributed by atoms with Crippen molar-refractivity contribution >= 4 is 5.78 Å².